The number of ether oxygens (including phenoxy) is 2. The molecule has 1 amide bonds. The zero-order valence-electron chi connectivity index (χ0n) is 14.7. The second-order valence-corrected chi connectivity index (χ2v) is 6.31. The van der Waals surface area contributed by atoms with Crippen LogP contribution in [-0.4, -0.2) is 48.7 Å². The highest BCUT2D eigenvalue weighted by Gasteiger charge is 2.37. The van der Waals surface area contributed by atoms with Crippen molar-refractivity contribution in [2.45, 2.75) is 31.4 Å². The van der Waals surface area contributed by atoms with Crippen LogP contribution in [0.1, 0.15) is 17.5 Å². The van der Waals surface area contributed by atoms with Gasteiger partial charge in [0.15, 0.2) is 0 Å². The summed E-state index contributed by atoms with van der Waals surface area (Å²) in [7, 11) is 3.35. The number of methoxy groups -OCH3 is 2. The minimum atomic E-state index is 0.0484. The first-order valence-corrected chi connectivity index (χ1v) is 8.55. The molecule has 2 heterocycles. The van der Waals surface area contributed by atoms with Crippen LogP contribution in [0.3, 0.4) is 0 Å². The van der Waals surface area contributed by atoms with Crippen molar-refractivity contribution >= 4 is 5.91 Å². The maximum Gasteiger partial charge on any atom is 0.227 e. The molecule has 3 rings (SSSR count). The zero-order valence-corrected chi connectivity index (χ0v) is 14.7. The molecule has 0 spiro atoms. The molecule has 5 heteroatoms. The fourth-order valence-corrected chi connectivity index (χ4v) is 3.47. The Hall–Kier alpha value is -2.40. The van der Waals surface area contributed by atoms with Crippen molar-refractivity contribution in [3.05, 3.63) is 59.9 Å². The molecule has 132 valence electrons. The molecule has 0 radical (unpaired) electrons. The SMILES string of the molecule is COc1cccc(CC(=O)N2CC[C@@H](OC)[C@@H]2Cc2cccnc2)c1. The molecule has 1 aromatic heterocycles. The van der Waals surface area contributed by atoms with Gasteiger partial charge in [-0.3, -0.25) is 9.78 Å². The second kappa shape index (κ2) is 8.12. The summed E-state index contributed by atoms with van der Waals surface area (Å²) in [5, 5.41) is 0. The molecule has 0 unspecified atom stereocenters. The fourth-order valence-electron chi connectivity index (χ4n) is 3.47. The Labute approximate surface area is 148 Å². The molecule has 0 saturated carbocycles. The zero-order chi connectivity index (χ0) is 17.6. The molecule has 1 saturated heterocycles. The molecule has 0 bridgehead atoms. The minimum Gasteiger partial charge on any atom is -0.497 e. The predicted molar refractivity (Wildman–Crippen MR) is 95.6 cm³/mol. The Bertz CT molecular complexity index is 705. The van der Waals surface area contributed by atoms with Gasteiger partial charge in [0.25, 0.3) is 0 Å². The van der Waals surface area contributed by atoms with Gasteiger partial charge >= 0.3 is 0 Å². The number of nitrogens with zero attached hydrogens (tertiary/aromatic N) is 2. The average Bonchev–Trinajstić information content (AvgIpc) is 3.05. The lowest BCUT2D eigenvalue weighted by Crippen LogP contribution is -2.42. The monoisotopic (exact) mass is 340 g/mol. The predicted octanol–water partition coefficient (Wildman–Crippen LogP) is 2.49. The van der Waals surface area contributed by atoms with E-state index in [1.807, 2.05) is 47.5 Å². The summed E-state index contributed by atoms with van der Waals surface area (Å²) < 4.78 is 10.9. The molecule has 25 heavy (non-hydrogen) atoms. The number of carbonyl (C=O) groups excluding carboxylic acids is 1. The first-order chi connectivity index (χ1) is 12.2. The molecule has 5 nitrogen and oxygen atoms in total. The van der Waals surface area contributed by atoms with Gasteiger partial charge in [-0.1, -0.05) is 18.2 Å². The van der Waals surface area contributed by atoms with Crippen LogP contribution in [-0.2, 0) is 22.4 Å². The highest BCUT2D eigenvalue weighted by atomic mass is 16.5. The third-order valence-corrected chi connectivity index (χ3v) is 4.76. The summed E-state index contributed by atoms with van der Waals surface area (Å²) in [4.78, 5) is 19.0. The van der Waals surface area contributed by atoms with E-state index < -0.39 is 0 Å². The molecule has 2 atom stereocenters. The molecule has 0 N–H and O–H groups in total. The Morgan fingerprint density at radius 1 is 1.24 bits per heavy atom. The van der Waals surface area contributed by atoms with Gasteiger partial charge in [-0.15, -0.1) is 0 Å². The van der Waals surface area contributed by atoms with Crippen molar-refractivity contribution in [3.63, 3.8) is 0 Å². The number of amides is 1. The molecule has 1 aliphatic heterocycles. The maximum atomic E-state index is 12.9. The topological polar surface area (TPSA) is 51.7 Å². The number of hydrogen-bond acceptors (Lipinski definition) is 4. The van der Waals surface area contributed by atoms with Gasteiger partial charge in [0.2, 0.25) is 5.91 Å². The standard InChI is InChI=1S/C20H24N2O3/c1-24-17-7-3-5-15(11-17)13-20(23)22-10-8-19(25-2)18(22)12-16-6-4-9-21-14-16/h3-7,9,11,14,18-19H,8,10,12-13H2,1-2H3/t18-,19+/m0/s1. The number of rotatable bonds is 6. The van der Waals surface area contributed by atoms with Crippen molar-refractivity contribution in [2.24, 2.45) is 0 Å². The van der Waals surface area contributed by atoms with E-state index in [-0.39, 0.29) is 18.1 Å². The second-order valence-electron chi connectivity index (χ2n) is 6.31. The van der Waals surface area contributed by atoms with E-state index in [1.54, 1.807) is 20.4 Å². The van der Waals surface area contributed by atoms with Gasteiger partial charge in [-0.2, -0.15) is 0 Å². The van der Waals surface area contributed by atoms with Crippen LogP contribution >= 0.6 is 0 Å². The first-order valence-electron chi connectivity index (χ1n) is 8.55. The first kappa shape index (κ1) is 17.4. The van der Waals surface area contributed by atoms with Gasteiger partial charge in [0.05, 0.1) is 25.7 Å². The number of pyridine rings is 1. The third-order valence-electron chi connectivity index (χ3n) is 4.76. The maximum absolute atomic E-state index is 12.9. The summed E-state index contributed by atoms with van der Waals surface area (Å²) in [6.45, 7) is 0.728. The largest absolute Gasteiger partial charge is 0.497 e. The van der Waals surface area contributed by atoms with E-state index in [2.05, 4.69) is 4.98 Å². The summed E-state index contributed by atoms with van der Waals surface area (Å²) in [5.74, 6) is 0.898. The van der Waals surface area contributed by atoms with E-state index in [4.69, 9.17) is 9.47 Å². The lowest BCUT2D eigenvalue weighted by atomic mass is 10.0. The number of benzene rings is 1. The summed E-state index contributed by atoms with van der Waals surface area (Å²) in [6, 6.07) is 11.7. The van der Waals surface area contributed by atoms with Gasteiger partial charge in [0, 0.05) is 26.0 Å². The van der Waals surface area contributed by atoms with Crippen LogP contribution < -0.4 is 4.74 Å². The van der Waals surface area contributed by atoms with Gasteiger partial charge in [0.1, 0.15) is 5.75 Å². The Morgan fingerprint density at radius 2 is 2.08 bits per heavy atom. The summed E-state index contributed by atoms with van der Waals surface area (Å²) >= 11 is 0. The smallest absolute Gasteiger partial charge is 0.227 e. The van der Waals surface area contributed by atoms with E-state index in [1.165, 1.54) is 0 Å². The Balaban J connectivity index is 1.73. The van der Waals surface area contributed by atoms with Crippen molar-refractivity contribution in [1.82, 2.24) is 9.88 Å². The van der Waals surface area contributed by atoms with Crippen LogP contribution in [0.2, 0.25) is 0 Å². The molecule has 1 aliphatic rings. The summed E-state index contributed by atoms with van der Waals surface area (Å²) in [6.07, 6.45) is 5.68. The molecular formula is C20H24N2O3. The van der Waals surface area contributed by atoms with Crippen LogP contribution in [0, 0.1) is 0 Å². The molecule has 2 aromatic rings. The van der Waals surface area contributed by atoms with Crippen LogP contribution in [0.25, 0.3) is 0 Å². The Morgan fingerprint density at radius 3 is 2.80 bits per heavy atom. The number of carbonyl (C=O) groups is 1. The van der Waals surface area contributed by atoms with Crippen molar-refractivity contribution in [2.75, 3.05) is 20.8 Å². The summed E-state index contributed by atoms with van der Waals surface area (Å²) in [5.41, 5.74) is 2.08. The molecule has 1 fully saturated rings. The van der Waals surface area contributed by atoms with Crippen LogP contribution in [0.4, 0.5) is 0 Å². The van der Waals surface area contributed by atoms with Crippen molar-refractivity contribution in [3.8, 4) is 5.75 Å². The number of likely N-dealkylation sites (tertiary alicyclic amines) is 1. The van der Waals surface area contributed by atoms with E-state index in [0.29, 0.717) is 6.42 Å². The van der Waals surface area contributed by atoms with Crippen molar-refractivity contribution < 1.29 is 14.3 Å². The lowest BCUT2D eigenvalue weighted by molar-refractivity contribution is -0.132. The van der Waals surface area contributed by atoms with Gasteiger partial charge in [-0.25, -0.2) is 0 Å². The average molecular weight is 340 g/mol. The minimum absolute atomic E-state index is 0.0484. The quantitative estimate of drug-likeness (QED) is 0.811. The van der Waals surface area contributed by atoms with Gasteiger partial charge < -0.3 is 14.4 Å². The molecule has 1 aromatic carbocycles. The highest BCUT2D eigenvalue weighted by molar-refractivity contribution is 5.79. The molecule has 0 aliphatic carbocycles. The number of hydrogen-bond donors (Lipinski definition) is 0. The number of aromatic nitrogens is 1. The van der Waals surface area contributed by atoms with E-state index in [0.717, 1.165) is 36.3 Å². The molecular weight excluding hydrogens is 316 g/mol. The van der Waals surface area contributed by atoms with Crippen molar-refractivity contribution in [1.29, 1.82) is 0 Å². The van der Waals surface area contributed by atoms with E-state index in [9.17, 15) is 4.79 Å². The third kappa shape index (κ3) is 4.17. The van der Waals surface area contributed by atoms with Gasteiger partial charge in [-0.05, 0) is 42.2 Å². The fraction of sp³-hybridized carbons (Fsp3) is 0.400. The van der Waals surface area contributed by atoms with Crippen LogP contribution in [0.5, 0.6) is 5.75 Å². The normalized spacial score (nSPS) is 19.8. The van der Waals surface area contributed by atoms with Crippen LogP contribution in [0.15, 0.2) is 48.8 Å². The Kier molecular flexibility index (Phi) is 5.66. The lowest BCUT2D eigenvalue weighted by Gasteiger charge is -2.28. The van der Waals surface area contributed by atoms with E-state index >= 15 is 0 Å². The highest BCUT2D eigenvalue weighted by Crippen LogP contribution is 2.25.